The van der Waals surface area contributed by atoms with Gasteiger partial charge in [0.25, 0.3) is 0 Å². The van der Waals surface area contributed by atoms with E-state index in [-0.39, 0.29) is 24.9 Å². The lowest BCUT2D eigenvalue weighted by molar-refractivity contribution is -0.136. The Morgan fingerprint density at radius 1 is 1.18 bits per heavy atom. The van der Waals surface area contributed by atoms with Crippen LogP contribution in [0.2, 0.25) is 0 Å². The van der Waals surface area contributed by atoms with Gasteiger partial charge >= 0.3 is 5.97 Å². The van der Waals surface area contributed by atoms with Crippen LogP contribution >= 0.6 is 0 Å². The first kappa shape index (κ1) is 12.9. The van der Waals surface area contributed by atoms with Crippen LogP contribution in [0.25, 0.3) is 0 Å². The summed E-state index contributed by atoms with van der Waals surface area (Å²) in [4.78, 5) is 22.0. The number of rotatable bonds is 7. The first-order valence-electron chi connectivity index (χ1n) is 5.03. The van der Waals surface area contributed by atoms with Gasteiger partial charge in [0.2, 0.25) is 17.8 Å². The minimum Gasteiger partial charge on any atom is -0.481 e. The highest BCUT2D eigenvalue weighted by molar-refractivity contribution is 5.67. The summed E-state index contributed by atoms with van der Waals surface area (Å²) >= 11 is 0. The molecule has 0 fully saturated rings. The molecule has 1 aromatic rings. The molecule has 0 saturated heterocycles. The smallest absolute Gasteiger partial charge is 0.305 e. The number of hydrogen-bond donors (Lipinski definition) is 5. The molecule has 0 radical (unpaired) electrons. The van der Waals surface area contributed by atoms with E-state index >= 15 is 0 Å². The number of aromatic nitrogens is 3. The lowest BCUT2D eigenvalue weighted by Crippen LogP contribution is -2.17. The number of nitrogen functional groups attached to an aromatic ring is 1. The maximum absolute atomic E-state index is 10.3. The summed E-state index contributed by atoms with van der Waals surface area (Å²) in [5.41, 5.74) is 10.8. The van der Waals surface area contributed by atoms with Crippen molar-refractivity contribution >= 4 is 23.8 Å². The van der Waals surface area contributed by atoms with Crippen LogP contribution in [0.4, 0.5) is 17.8 Å². The molecule has 1 heterocycles. The van der Waals surface area contributed by atoms with Crippen LogP contribution < -0.4 is 22.1 Å². The number of carboxylic acid groups (broad SMARTS) is 1. The second-order valence-corrected chi connectivity index (χ2v) is 3.13. The average Bonchev–Trinajstić information content (AvgIpc) is 2.25. The number of carbonyl (C=O) groups is 1. The molecule has 0 bridgehead atoms. The van der Waals surface area contributed by atoms with Crippen molar-refractivity contribution in [1.82, 2.24) is 15.0 Å². The van der Waals surface area contributed by atoms with Gasteiger partial charge in [0, 0.05) is 19.6 Å². The van der Waals surface area contributed by atoms with Gasteiger partial charge in [-0.25, -0.2) is 0 Å². The quantitative estimate of drug-likeness (QED) is 0.392. The summed E-state index contributed by atoms with van der Waals surface area (Å²) in [6.07, 6.45) is -0.0306. The summed E-state index contributed by atoms with van der Waals surface area (Å²) in [6, 6.07) is 0. The van der Waals surface area contributed by atoms with Crippen molar-refractivity contribution in [2.24, 2.45) is 5.73 Å². The van der Waals surface area contributed by atoms with Gasteiger partial charge in [-0.3, -0.25) is 4.79 Å². The number of carboxylic acids is 1. The van der Waals surface area contributed by atoms with Crippen molar-refractivity contribution in [2.75, 3.05) is 36.0 Å². The van der Waals surface area contributed by atoms with Crippen LogP contribution in [0.3, 0.4) is 0 Å². The molecule has 1 aromatic heterocycles. The number of nitrogens with one attached hydrogen (secondary N) is 2. The van der Waals surface area contributed by atoms with Crippen molar-refractivity contribution in [3.63, 3.8) is 0 Å². The fraction of sp³-hybridized carbons (Fsp3) is 0.500. The number of anilines is 3. The van der Waals surface area contributed by atoms with E-state index in [1.165, 1.54) is 0 Å². The molecule has 0 saturated carbocycles. The molecule has 0 aliphatic carbocycles. The maximum Gasteiger partial charge on any atom is 0.305 e. The number of aliphatic carboxylic acids is 1. The van der Waals surface area contributed by atoms with Gasteiger partial charge in [-0.05, 0) is 0 Å². The van der Waals surface area contributed by atoms with E-state index in [4.69, 9.17) is 16.6 Å². The van der Waals surface area contributed by atoms with E-state index < -0.39 is 5.97 Å². The van der Waals surface area contributed by atoms with Gasteiger partial charge in [-0.2, -0.15) is 15.0 Å². The standard InChI is InChI=1S/C8H15N7O2/c9-2-4-12-8-14-6(10)13-7(15-8)11-3-1-5(16)17/h1-4,9H2,(H,16,17)(H4,10,11,12,13,14,15). The molecule has 94 valence electrons. The normalized spacial score (nSPS) is 9.94. The van der Waals surface area contributed by atoms with Crippen LogP contribution in [-0.2, 0) is 4.79 Å². The third kappa shape index (κ3) is 4.93. The summed E-state index contributed by atoms with van der Waals surface area (Å²) in [5.74, 6) is -0.308. The Hall–Kier alpha value is -2.16. The first-order valence-corrected chi connectivity index (χ1v) is 5.03. The summed E-state index contributed by atoms with van der Waals surface area (Å²) < 4.78 is 0. The largest absolute Gasteiger partial charge is 0.481 e. The number of nitrogens with zero attached hydrogens (tertiary/aromatic N) is 3. The summed E-state index contributed by atoms with van der Waals surface area (Å²) in [5, 5.41) is 14.1. The SMILES string of the molecule is NCCNc1nc(N)nc(NCCC(=O)O)n1. The van der Waals surface area contributed by atoms with Crippen molar-refractivity contribution in [2.45, 2.75) is 6.42 Å². The first-order chi connectivity index (χ1) is 8.11. The molecule has 7 N–H and O–H groups in total. The van der Waals surface area contributed by atoms with E-state index in [0.29, 0.717) is 19.0 Å². The highest BCUT2D eigenvalue weighted by Crippen LogP contribution is 2.06. The number of nitrogens with two attached hydrogens (primary N) is 2. The minimum absolute atomic E-state index is 0.0306. The molecule has 0 aliphatic heterocycles. The molecule has 0 aliphatic rings. The van der Waals surface area contributed by atoms with Crippen molar-refractivity contribution in [1.29, 1.82) is 0 Å². The Labute approximate surface area is 97.7 Å². The van der Waals surface area contributed by atoms with E-state index in [2.05, 4.69) is 25.6 Å². The van der Waals surface area contributed by atoms with E-state index in [0.717, 1.165) is 0 Å². The molecule has 0 unspecified atom stereocenters. The van der Waals surface area contributed by atoms with E-state index in [1.54, 1.807) is 0 Å². The Kier molecular flexibility index (Phi) is 4.88. The molecule has 0 amide bonds. The Morgan fingerprint density at radius 3 is 2.29 bits per heavy atom. The zero-order valence-electron chi connectivity index (χ0n) is 9.18. The topological polar surface area (TPSA) is 152 Å². The lowest BCUT2D eigenvalue weighted by Gasteiger charge is -2.07. The Bertz CT molecular complexity index is 384. The van der Waals surface area contributed by atoms with E-state index in [1.807, 2.05) is 0 Å². The molecule has 0 aromatic carbocycles. The van der Waals surface area contributed by atoms with Crippen LogP contribution in [0, 0.1) is 0 Å². The molecule has 9 heteroatoms. The Morgan fingerprint density at radius 2 is 1.76 bits per heavy atom. The van der Waals surface area contributed by atoms with E-state index in [9.17, 15) is 4.79 Å². The van der Waals surface area contributed by atoms with Crippen LogP contribution in [0.1, 0.15) is 6.42 Å². The second kappa shape index (κ2) is 6.43. The molecular formula is C8H15N7O2. The van der Waals surface area contributed by atoms with Gasteiger partial charge in [0.05, 0.1) is 6.42 Å². The average molecular weight is 241 g/mol. The highest BCUT2D eigenvalue weighted by atomic mass is 16.4. The van der Waals surface area contributed by atoms with Crippen molar-refractivity contribution in [3.8, 4) is 0 Å². The van der Waals surface area contributed by atoms with Gasteiger partial charge in [-0.1, -0.05) is 0 Å². The zero-order chi connectivity index (χ0) is 12.7. The van der Waals surface area contributed by atoms with Gasteiger partial charge < -0.3 is 27.2 Å². The fourth-order valence-corrected chi connectivity index (χ4v) is 1.02. The highest BCUT2D eigenvalue weighted by Gasteiger charge is 2.04. The third-order valence-electron chi connectivity index (χ3n) is 1.70. The van der Waals surface area contributed by atoms with Crippen molar-refractivity contribution in [3.05, 3.63) is 0 Å². The Balaban J connectivity index is 2.58. The summed E-state index contributed by atoms with van der Waals surface area (Å²) in [6.45, 7) is 1.17. The van der Waals surface area contributed by atoms with Crippen LogP contribution in [0.5, 0.6) is 0 Å². The van der Waals surface area contributed by atoms with Gasteiger partial charge in [0.1, 0.15) is 0 Å². The monoisotopic (exact) mass is 241 g/mol. The van der Waals surface area contributed by atoms with Crippen LogP contribution in [0.15, 0.2) is 0 Å². The molecular weight excluding hydrogens is 226 g/mol. The molecule has 0 atom stereocenters. The molecule has 17 heavy (non-hydrogen) atoms. The predicted molar refractivity (Wildman–Crippen MR) is 62.5 cm³/mol. The second-order valence-electron chi connectivity index (χ2n) is 3.13. The third-order valence-corrected chi connectivity index (χ3v) is 1.70. The fourth-order valence-electron chi connectivity index (χ4n) is 1.02. The molecule has 9 nitrogen and oxygen atoms in total. The summed E-state index contributed by atoms with van der Waals surface area (Å²) in [7, 11) is 0. The molecule has 1 rings (SSSR count). The maximum atomic E-state index is 10.3. The minimum atomic E-state index is -0.902. The molecule has 0 spiro atoms. The number of hydrogen-bond acceptors (Lipinski definition) is 8. The van der Waals surface area contributed by atoms with Crippen LogP contribution in [-0.4, -0.2) is 45.7 Å². The predicted octanol–water partition coefficient (Wildman–Crippen LogP) is -1.29. The zero-order valence-corrected chi connectivity index (χ0v) is 9.18. The van der Waals surface area contributed by atoms with Crippen molar-refractivity contribution < 1.29 is 9.90 Å². The van der Waals surface area contributed by atoms with Gasteiger partial charge in [-0.15, -0.1) is 0 Å². The van der Waals surface area contributed by atoms with Gasteiger partial charge in [0.15, 0.2) is 0 Å². The lowest BCUT2D eigenvalue weighted by atomic mass is 10.4.